The average molecular weight is 364 g/mol. The van der Waals surface area contributed by atoms with Crippen molar-refractivity contribution in [2.75, 3.05) is 0 Å². The molecular weight excluding hydrogens is 361 g/mol. The van der Waals surface area contributed by atoms with Gasteiger partial charge in [0.05, 0.1) is 10.0 Å². The predicted molar refractivity (Wildman–Crippen MR) is 56.2 cm³/mol. The van der Waals surface area contributed by atoms with E-state index in [0.29, 0.717) is 12.1 Å². The van der Waals surface area contributed by atoms with E-state index in [-0.39, 0.29) is 0 Å². The second-order valence-corrected chi connectivity index (χ2v) is 5.41. The molecule has 1 aromatic carbocycles. The summed E-state index contributed by atoms with van der Waals surface area (Å²) in [5.41, 5.74) is -6.41. The zero-order chi connectivity index (χ0) is 15.0. The van der Waals surface area contributed by atoms with Crippen LogP contribution in [-0.2, 0) is 10.1 Å². The van der Waals surface area contributed by atoms with Gasteiger partial charge in [0, 0.05) is 0 Å². The van der Waals surface area contributed by atoms with Crippen molar-refractivity contribution in [3.05, 3.63) is 22.2 Å². The average Bonchev–Trinajstić information content (AvgIpc) is 2.22. The Bertz CT molecular complexity index is 624. The molecule has 0 aliphatic heterocycles. The Morgan fingerprint density at radius 1 is 1.37 bits per heavy atom. The molecule has 0 heterocycles. The molecule has 0 fully saturated rings. The second-order valence-electron chi connectivity index (χ2n) is 3.07. The van der Waals surface area contributed by atoms with Crippen molar-refractivity contribution >= 4 is 32.0 Å². The molecule has 1 aromatic rings. The van der Waals surface area contributed by atoms with Crippen molar-refractivity contribution in [2.24, 2.45) is 0 Å². The fraction of sp³-hybridized carbons (Fsp3) is 0.125. The van der Waals surface area contributed by atoms with Crippen LogP contribution in [0.15, 0.2) is 16.6 Å². The Balaban J connectivity index is 3.33. The maximum Gasteiger partial charge on any atom is 0.534 e. The standard InChI is InChI=1S/C8H4BrF3O6S/c9-6-4(13)1-3(7(14)15)2-5(6)18-19(16,17)8(10,11)12/h1-2,13H,(H,14,15)/p-1. The number of hydrogen-bond acceptors (Lipinski definition) is 5. The normalized spacial score (nSPS) is 12.2. The Morgan fingerprint density at radius 2 is 1.89 bits per heavy atom. The van der Waals surface area contributed by atoms with Gasteiger partial charge in [-0.15, -0.1) is 0 Å². The Labute approximate surface area is 112 Å². The molecule has 0 atom stereocenters. The molecule has 0 unspecified atom stereocenters. The maximum absolute atomic E-state index is 12.1. The molecule has 6 nitrogen and oxygen atoms in total. The van der Waals surface area contributed by atoms with E-state index < -0.39 is 43.1 Å². The lowest BCUT2D eigenvalue weighted by Crippen LogP contribution is -2.28. The number of carboxylic acid groups (broad SMARTS) is 1. The summed E-state index contributed by atoms with van der Waals surface area (Å²) in [6.07, 6.45) is 0. The molecule has 19 heavy (non-hydrogen) atoms. The van der Waals surface area contributed by atoms with Crippen molar-refractivity contribution in [3.63, 3.8) is 0 Å². The molecule has 0 aliphatic rings. The minimum absolute atomic E-state index is 0.483. The summed E-state index contributed by atoms with van der Waals surface area (Å²) in [4.78, 5) is 10.6. The molecule has 0 spiro atoms. The van der Waals surface area contributed by atoms with Crippen LogP contribution < -0.4 is 9.29 Å². The van der Waals surface area contributed by atoms with Gasteiger partial charge in [0.2, 0.25) is 0 Å². The van der Waals surface area contributed by atoms with Crippen molar-refractivity contribution < 1.29 is 40.8 Å². The van der Waals surface area contributed by atoms with Crippen LogP contribution in [0.25, 0.3) is 0 Å². The van der Waals surface area contributed by atoms with Crippen LogP contribution in [0.1, 0.15) is 10.4 Å². The van der Waals surface area contributed by atoms with Crippen LogP contribution in [0.5, 0.6) is 11.5 Å². The van der Waals surface area contributed by atoms with Crippen molar-refractivity contribution in [2.45, 2.75) is 5.51 Å². The molecule has 0 saturated heterocycles. The van der Waals surface area contributed by atoms with Gasteiger partial charge in [0.15, 0.2) is 5.75 Å². The molecule has 0 saturated carbocycles. The van der Waals surface area contributed by atoms with Crippen LogP contribution in [0, 0.1) is 0 Å². The molecule has 0 aliphatic carbocycles. The first kappa shape index (κ1) is 15.6. The third kappa shape index (κ3) is 3.29. The topological polar surface area (TPSA) is 104 Å². The molecule has 0 aromatic heterocycles. The summed E-state index contributed by atoms with van der Waals surface area (Å²) in [6.45, 7) is 0. The number of alkyl halides is 3. The molecule has 106 valence electrons. The third-order valence-electron chi connectivity index (χ3n) is 1.74. The highest BCUT2D eigenvalue weighted by Gasteiger charge is 2.48. The SMILES string of the molecule is O=C(O)c1cc([O-])c(Br)c(OS(=O)(=O)C(F)(F)F)c1. The van der Waals surface area contributed by atoms with E-state index in [1.165, 1.54) is 0 Å². The minimum atomic E-state index is -5.99. The first-order chi connectivity index (χ1) is 8.45. The molecule has 0 amide bonds. The zero-order valence-electron chi connectivity index (χ0n) is 8.56. The summed E-state index contributed by atoms with van der Waals surface area (Å²) in [5, 5.41) is 19.8. The van der Waals surface area contributed by atoms with E-state index >= 15 is 0 Å². The zero-order valence-corrected chi connectivity index (χ0v) is 11.0. The predicted octanol–water partition coefficient (Wildman–Crippen LogP) is 1.45. The first-order valence-electron chi connectivity index (χ1n) is 4.20. The van der Waals surface area contributed by atoms with Gasteiger partial charge in [0.25, 0.3) is 0 Å². The Kier molecular flexibility index (Phi) is 4.00. The summed E-state index contributed by atoms with van der Waals surface area (Å²) < 4.78 is 60.8. The third-order valence-corrected chi connectivity index (χ3v) is 3.48. The van der Waals surface area contributed by atoms with Gasteiger partial charge in [-0.05, 0) is 22.0 Å². The number of carboxylic acids is 1. The molecule has 0 bridgehead atoms. The van der Waals surface area contributed by atoms with Gasteiger partial charge < -0.3 is 14.4 Å². The summed E-state index contributed by atoms with van der Waals surface area (Å²) in [5.74, 6) is -3.71. The maximum atomic E-state index is 12.1. The van der Waals surface area contributed by atoms with Gasteiger partial charge in [0.1, 0.15) is 0 Å². The number of aromatic carboxylic acids is 1. The van der Waals surface area contributed by atoms with E-state index in [1.54, 1.807) is 0 Å². The number of rotatable bonds is 3. The Hall–Kier alpha value is -1.49. The van der Waals surface area contributed by atoms with E-state index in [0.717, 1.165) is 0 Å². The number of benzene rings is 1. The summed E-state index contributed by atoms with van der Waals surface area (Å²) in [7, 11) is -5.99. The molecule has 1 N–H and O–H groups in total. The van der Waals surface area contributed by atoms with E-state index in [9.17, 15) is 31.5 Å². The fourth-order valence-electron chi connectivity index (χ4n) is 0.922. The smallest absolute Gasteiger partial charge is 0.534 e. The highest BCUT2D eigenvalue weighted by atomic mass is 79.9. The first-order valence-corrected chi connectivity index (χ1v) is 6.40. The van der Waals surface area contributed by atoms with Crippen LogP contribution in [0.2, 0.25) is 0 Å². The van der Waals surface area contributed by atoms with E-state index in [1.807, 2.05) is 0 Å². The number of hydrogen-bond donors (Lipinski definition) is 1. The fourth-order valence-corrected chi connectivity index (χ4v) is 1.80. The highest BCUT2D eigenvalue weighted by Crippen LogP contribution is 2.36. The van der Waals surface area contributed by atoms with Gasteiger partial charge in [-0.3, -0.25) is 0 Å². The largest absolute Gasteiger partial charge is 0.872 e. The lowest BCUT2D eigenvalue weighted by atomic mass is 10.2. The van der Waals surface area contributed by atoms with Crippen molar-refractivity contribution in [3.8, 4) is 11.5 Å². The lowest BCUT2D eigenvalue weighted by molar-refractivity contribution is -0.269. The quantitative estimate of drug-likeness (QED) is 0.643. The van der Waals surface area contributed by atoms with Crippen LogP contribution in [0.4, 0.5) is 13.2 Å². The minimum Gasteiger partial charge on any atom is -0.872 e. The van der Waals surface area contributed by atoms with Crippen molar-refractivity contribution in [1.82, 2.24) is 0 Å². The van der Waals surface area contributed by atoms with Gasteiger partial charge >= 0.3 is 21.6 Å². The molecule has 1 rings (SSSR count). The van der Waals surface area contributed by atoms with Gasteiger partial charge in [-0.25, -0.2) is 4.79 Å². The van der Waals surface area contributed by atoms with Gasteiger partial charge in [-0.2, -0.15) is 21.6 Å². The molecule has 11 heteroatoms. The van der Waals surface area contributed by atoms with Crippen LogP contribution >= 0.6 is 15.9 Å². The highest BCUT2D eigenvalue weighted by molar-refractivity contribution is 9.10. The summed E-state index contributed by atoms with van der Waals surface area (Å²) in [6, 6.07) is 1.08. The molecular formula is C8H3BrF3O6S-. The molecule has 0 radical (unpaired) electrons. The lowest BCUT2D eigenvalue weighted by Gasteiger charge is -2.15. The monoisotopic (exact) mass is 363 g/mol. The summed E-state index contributed by atoms with van der Waals surface area (Å²) >= 11 is 2.52. The van der Waals surface area contributed by atoms with E-state index in [4.69, 9.17) is 5.11 Å². The van der Waals surface area contributed by atoms with Crippen LogP contribution in [-0.4, -0.2) is 25.0 Å². The second kappa shape index (κ2) is 4.89. The van der Waals surface area contributed by atoms with E-state index in [2.05, 4.69) is 20.1 Å². The Morgan fingerprint density at radius 3 is 2.32 bits per heavy atom. The number of halogens is 4. The van der Waals surface area contributed by atoms with Gasteiger partial charge in [-0.1, -0.05) is 11.8 Å². The van der Waals surface area contributed by atoms with Crippen molar-refractivity contribution in [1.29, 1.82) is 0 Å². The number of carbonyl (C=O) groups is 1. The van der Waals surface area contributed by atoms with Crippen LogP contribution in [0.3, 0.4) is 0 Å².